The van der Waals surface area contributed by atoms with Gasteiger partial charge in [0.15, 0.2) is 6.10 Å². The Morgan fingerprint density at radius 2 is 1.56 bits per heavy atom. The highest BCUT2D eigenvalue weighted by Gasteiger charge is 2.20. The predicted octanol–water partition coefficient (Wildman–Crippen LogP) is 4.30. The molecule has 0 spiro atoms. The number of rotatable bonds is 6. The number of anilines is 1. The second-order valence-corrected chi connectivity index (χ2v) is 6.06. The first-order chi connectivity index (χ1) is 12.0. The first kappa shape index (κ1) is 18.7. The van der Waals surface area contributed by atoms with Crippen LogP contribution in [0, 0.1) is 6.92 Å². The lowest BCUT2D eigenvalue weighted by molar-refractivity contribution is -0.123. The van der Waals surface area contributed by atoms with E-state index in [1.54, 1.807) is 19.1 Å². The Morgan fingerprint density at radius 3 is 2.08 bits per heavy atom. The first-order valence-electron chi connectivity index (χ1n) is 8.65. The van der Waals surface area contributed by atoms with Crippen molar-refractivity contribution in [3.05, 3.63) is 64.7 Å². The van der Waals surface area contributed by atoms with Gasteiger partial charge in [-0.2, -0.15) is 0 Å². The summed E-state index contributed by atoms with van der Waals surface area (Å²) in [5, 5.41) is 2.93. The van der Waals surface area contributed by atoms with Gasteiger partial charge in [-0.3, -0.25) is 4.79 Å². The number of hydrogen-bond acceptors (Lipinski definition) is 3. The topological polar surface area (TPSA) is 55.4 Å². The minimum atomic E-state index is -0.872. The third-order valence-corrected chi connectivity index (χ3v) is 4.19. The number of amides is 1. The summed E-state index contributed by atoms with van der Waals surface area (Å²) < 4.78 is 5.31. The molecule has 4 nitrogen and oxygen atoms in total. The van der Waals surface area contributed by atoms with E-state index in [4.69, 9.17) is 4.74 Å². The van der Waals surface area contributed by atoms with Crippen LogP contribution in [0.3, 0.4) is 0 Å². The highest BCUT2D eigenvalue weighted by molar-refractivity contribution is 5.98. The molecule has 1 atom stereocenters. The van der Waals surface area contributed by atoms with E-state index in [-0.39, 0.29) is 5.91 Å². The Hall–Kier alpha value is -2.62. The van der Waals surface area contributed by atoms with Gasteiger partial charge in [-0.05, 0) is 49.9 Å². The van der Waals surface area contributed by atoms with Crippen molar-refractivity contribution in [2.75, 3.05) is 5.32 Å². The lowest BCUT2D eigenvalue weighted by Crippen LogP contribution is -2.30. The molecule has 2 aromatic carbocycles. The van der Waals surface area contributed by atoms with Crippen LogP contribution >= 0.6 is 0 Å². The van der Waals surface area contributed by atoms with Gasteiger partial charge in [-0.15, -0.1) is 0 Å². The molecule has 0 heterocycles. The molecule has 2 rings (SSSR count). The van der Waals surface area contributed by atoms with E-state index in [2.05, 4.69) is 5.32 Å². The van der Waals surface area contributed by atoms with Gasteiger partial charge in [0.25, 0.3) is 5.91 Å². The van der Waals surface area contributed by atoms with Crippen molar-refractivity contribution in [1.29, 1.82) is 0 Å². The summed E-state index contributed by atoms with van der Waals surface area (Å²) in [7, 11) is 0. The molecule has 0 aliphatic heterocycles. The summed E-state index contributed by atoms with van der Waals surface area (Å²) in [6, 6.07) is 13.1. The fourth-order valence-corrected chi connectivity index (χ4v) is 2.60. The van der Waals surface area contributed by atoms with E-state index >= 15 is 0 Å². The fraction of sp³-hybridized carbons (Fsp3) is 0.333. The molecule has 25 heavy (non-hydrogen) atoms. The summed E-state index contributed by atoms with van der Waals surface area (Å²) in [6.07, 6.45) is 0.769. The SMILES string of the molecule is CCc1cccc(CC)c1NC(=O)[C@H](C)OC(=O)c1ccc(C)cc1. The summed E-state index contributed by atoms with van der Waals surface area (Å²) in [4.78, 5) is 24.6. The number of carbonyl (C=O) groups is 2. The minimum Gasteiger partial charge on any atom is -0.449 e. The third-order valence-electron chi connectivity index (χ3n) is 4.19. The normalized spacial score (nSPS) is 11.7. The highest BCUT2D eigenvalue weighted by Crippen LogP contribution is 2.23. The van der Waals surface area contributed by atoms with Gasteiger partial charge in [-0.25, -0.2) is 4.79 Å². The second kappa shape index (κ2) is 8.47. The average Bonchev–Trinajstić information content (AvgIpc) is 2.62. The Morgan fingerprint density at radius 1 is 1.00 bits per heavy atom. The zero-order chi connectivity index (χ0) is 18.4. The molecule has 0 aromatic heterocycles. The molecule has 0 saturated heterocycles. The quantitative estimate of drug-likeness (QED) is 0.798. The van der Waals surface area contributed by atoms with Crippen LogP contribution in [0.1, 0.15) is 47.8 Å². The molecule has 0 aliphatic carbocycles. The maximum Gasteiger partial charge on any atom is 0.338 e. The first-order valence-corrected chi connectivity index (χ1v) is 8.65. The molecule has 0 saturated carbocycles. The molecular formula is C21H25NO3. The molecule has 0 fully saturated rings. The molecular weight excluding hydrogens is 314 g/mol. The number of benzene rings is 2. The van der Waals surface area contributed by atoms with Gasteiger partial charge < -0.3 is 10.1 Å². The Labute approximate surface area is 149 Å². The zero-order valence-corrected chi connectivity index (χ0v) is 15.3. The summed E-state index contributed by atoms with van der Waals surface area (Å²) in [5.41, 5.74) is 4.48. The Balaban J connectivity index is 2.08. The molecule has 2 aromatic rings. The summed E-state index contributed by atoms with van der Waals surface area (Å²) in [6.45, 7) is 7.62. The van der Waals surface area contributed by atoms with E-state index < -0.39 is 12.1 Å². The van der Waals surface area contributed by atoms with E-state index in [0.717, 1.165) is 35.2 Å². The van der Waals surface area contributed by atoms with Crippen molar-refractivity contribution in [2.24, 2.45) is 0 Å². The maximum absolute atomic E-state index is 12.5. The van der Waals surface area contributed by atoms with Crippen LogP contribution in [0.4, 0.5) is 5.69 Å². The average molecular weight is 339 g/mol. The van der Waals surface area contributed by atoms with E-state index in [0.29, 0.717) is 5.56 Å². The van der Waals surface area contributed by atoms with E-state index in [1.807, 2.05) is 51.1 Å². The molecule has 132 valence electrons. The Kier molecular flexibility index (Phi) is 6.34. The van der Waals surface area contributed by atoms with Crippen molar-refractivity contribution < 1.29 is 14.3 Å². The van der Waals surface area contributed by atoms with Gasteiger partial charge in [0.2, 0.25) is 0 Å². The van der Waals surface area contributed by atoms with E-state index in [9.17, 15) is 9.59 Å². The number of aryl methyl sites for hydroxylation is 3. The highest BCUT2D eigenvalue weighted by atomic mass is 16.5. The molecule has 0 unspecified atom stereocenters. The minimum absolute atomic E-state index is 0.323. The van der Waals surface area contributed by atoms with Crippen LogP contribution in [0.15, 0.2) is 42.5 Å². The van der Waals surface area contributed by atoms with Crippen molar-refractivity contribution >= 4 is 17.6 Å². The van der Waals surface area contributed by atoms with Crippen molar-refractivity contribution in [3.63, 3.8) is 0 Å². The fourth-order valence-electron chi connectivity index (χ4n) is 2.60. The molecule has 1 amide bonds. The number of nitrogens with one attached hydrogen (secondary N) is 1. The van der Waals surface area contributed by atoms with Crippen LogP contribution in [0.2, 0.25) is 0 Å². The third kappa shape index (κ3) is 4.69. The predicted molar refractivity (Wildman–Crippen MR) is 99.9 cm³/mol. The molecule has 0 bridgehead atoms. The van der Waals surface area contributed by atoms with Gasteiger partial charge in [-0.1, -0.05) is 49.7 Å². The molecule has 0 radical (unpaired) electrons. The van der Waals surface area contributed by atoms with Gasteiger partial charge >= 0.3 is 5.97 Å². The van der Waals surface area contributed by atoms with Crippen LogP contribution in [0.25, 0.3) is 0 Å². The summed E-state index contributed by atoms with van der Waals surface area (Å²) >= 11 is 0. The number of ether oxygens (including phenoxy) is 1. The van der Waals surface area contributed by atoms with Crippen molar-refractivity contribution in [2.45, 2.75) is 46.6 Å². The standard InChI is InChI=1S/C21H25NO3/c1-5-16-8-7-9-17(6-2)19(16)22-20(23)15(4)25-21(24)18-12-10-14(3)11-13-18/h7-13,15H,5-6H2,1-4H3,(H,22,23)/t15-/m0/s1. The number of hydrogen-bond donors (Lipinski definition) is 1. The number of para-hydroxylation sites is 1. The second-order valence-electron chi connectivity index (χ2n) is 6.06. The molecule has 4 heteroatoms. The smallest absolute Gasteiger partial charge is 0.338 e. The largest absolute Gasteiger partial charge is 0.449 e. The van der Waals surface area contributed by atoms with Crippen molar-refractivity contribution in [1.82, 2.24) is 0 Å². The maximum atomic E-state index is 12.5. The van der Waals surface area contributed by atoms with Crippen LogP contribution in [-0.2, 0) is 22.4 Å². The molecule has 0 aliphatic rings. The monoisotopic (exact) mass is 339 g/mol. The lowest BCUT2D eigenvalue weighted by atomic mass is 10.0. The van der Waals surface area contributed by atoms with Crippen LogP contribution in [0.5, 0.6) is 0 Å². The van der Waals surface area contributed by atoms with E-state index in [1.165, 1.54) is 0 Å². The molecule has 1 N–H and O–H groups in total. The van der Waals surface area contributed by atoms with Crippen LogP contribution in [-0.4, -0.2) is 18.0 Å². The number of esters is 1. The van der Waals surface area contributed by atoms with Gasteiger partial charge in [0.1, 0.15) is 0 Å². The van der Waals surface area contributed by atoms with Gasteiger partial charge in [0.05, 0.1) is 5.56 Å². The lowest BCUT2D eigenvalue weighted by Gasteiger charge is -2.18. The van der Waals surface area contributed by atoms with Crippen molar-refractivity contribution in [3.8, 4) is 0 Å². The Bertz CT molecular complexity index is 728. The summed E-state index contributed by atoms with van der Waals surface area (Å²) in [5.74, 6) is -0.821. The van der Waals surface area contributed by atoms with Crippen LogP contribution < -0.4 is 5.32 Å². The van der Waals surface area contributed by atoms with Gasteiger partial charge in [0, 0.05) is 5.69 Å². The zero-order valence-electron chi connectivity index (χ0n) is 15.3. The number of carbonyl (C=O) groups excluding carboxylic acids is 2.